The molecule has 158 valence electrons. The molecule has 1 saturated heterocycles. The third-order valence-corrected chi connectivity index (χ3v) is 7.38. The minimum absolute atomic E-state index is 0.0234. The minimum atomic E-state index is -3.81. The Bertz CT molecular complexity index is 1080. The first-order valence-corrected chi connectivity index (χ1v) is 11.6. The second-order valence-electron chi connectivity index (χ2n) is 6.53. The number of nitriles is 1. The Hall–Kier alpha value is -2.81. The summed E-state index contributed by atoms with van der Waals surface area (Å²) in [6.07, 6.45) is 0.686. The number of hydrogen-bond acceptors (Lipinski definition) is 8. The highest BCUT2D eigenvalue weighted by molar-refractivity contribution is 7.89. The number of thiazole rings is 1. The maximum absolute atomic E-state index is 12.9. The normalized spacial score (nSPS) is 15.3. The van der Waals surface area contributed by atoms with E-state index in [1.54, 1.807) is 19.1 Å². The first kappa shape index (κ1) is 21.9. The molecule has 2 heterocycles. The average molecular weight is 449 g/mol. The number of sulfonamides is 1. The Morgan fingerprint density at radius 1 is 1.33 bits per heavy atom. The monoisotopic (exact) mass is 448 g/mol. The number of piperidine rings is 1. The van der Waals surface area contributed by atoms with E-state index in [2.05, 4.69) is 10.3 Å². The third-order valence-electron chi connectivity index (χ3n) is 4.67. The molecule has 1 aromatic heterocycles. The molecule has 1 aromatic carbocycles. The first-order chi connectivity index (χ1) is 14.4. The topological polar surface area (TPSA) is 129 Å². The molecule has 0 aliphatic carbocycles. The summed E-state index contributed by atoms with van der Waals surface area (Å²) in [5.74, 6) is -1.20. The van der Waals surface area contributed by atoms with E-state index < -0.39 is 16.0 Å². The Kier molecular flexibility index (Phi) is 6.81. The zero-order valence-electron chi connectivity index (χ0n) is 16.2. The Morgan fingerprint density at radius 3 is 2.70 bits per heavy atom. The van der Waals surface area contributed by atoms with Gasteiger partial charge in [-0.1, -0.05) is 12.1 Å². The number of hydrogen-bond donors (Lipinski definition) is 1. The Labute approximate surface area is 178 Å². The number of carbonyl (C=O) groups excluding carboxylic acids is 2. The second kappa shape index (κ2) is 9.34. The van der Waals surface area contributed by atoms with Gasteiger partial charge in [0.1, 0.15) is 6.07 Å². The molecule has 0 spiro atoms. The lowest BCUT2D eigenvalue weighted by Crippen LogP contribution is -2.41. The SMILES string of the molecule is CCOC(=O)c1csc(NC(=O)C2CCN(S(=O)(=O)c3ccccc3C#N)CC2)n1. The fraction of sp³-hybridized carbons (Fsp3) is 0.368. The van der Waals surface area contributed by atoms with Gasteiger partial charge < -0.3 is 10.1 Å². The number of esters is 1. The molecule has 1 N–H and O–H groups in total. The Morgan fingerprint density at radius 2 is 2.03 bits per heavy atom. The van der Waals surface area contributed by atoms with Crippen LogP contribution < -0.4 is 5.32 Å². The number of aromatic nitrogens is 1. The van der Waals surface area contributed by atoms with Crippen molar-refractivity contribution in [3.05, 3.63) is 40.9 Å². The predicted molar refractivity (Wildman–Crippen MR) is 109 cm³/mol. The summed E-state index contributed by atoms with van der Waals surface area (Å²) in [6.45, 7) is 2.27. The summed E-state index contributed by atoms with van der Waals surface area (Å²) < 4.78 is 31.9. The van der Waals surface area contributed by atoms with E-state index in [1.165, 1.54) is 21.8 Å². The molecule has 11 heteroatoms. The predicted octanol–water partition coefficient (Wildman–Crippen LogP) is 2.23. The number of carbonyl (C=O) groups is 2. The van der Waals surface area contributed by atoms with Gasteiger partial charge in [-0.25, -0.2) is 18.2 Å². The van der Waals surface area contributed by atoms with Gasteiger partial charge in [0, 0.05) is 24.4 Å². The van der Waals surface area contributed by atoms with Crippen molar-refractivity contribution in [1.82, 2.24) is 9.29 Å². The summed E-state index contributed by atoms with van der Waals surface area (Å²) >= 11 is 1.12. The fourth-order valence-corrected chi connectivity index (χ4v) is 5.41. The van der Waals surface area contributed by atoms with Crippen molar-refractivity contribution in [2.45, 2.75) is 24.7 Å². The molecule has 0 unspecified atom stereocenters. The molecule has 1 aliphatic heterocycles. The summed E-state index contributed by atoms with van der Waals surface area (Å²) in [4.78, 5) is 28.2. The molecule has 3 rings (SSSR count). The molecule has 0 atom stereocenters. The maximum atomic E-state index is 12.9. The quantitative estimate of drug-likeness (QED) is 0.671. The van der Waals surface area contributed by atoms with Crippen molar-refractivity contribution >= 4 is 38.4 Å². The highest BCUT2D eigenvalue weighted by Crippen LogP contribution is 2.27. The van der Waals surface area contributed by atoms with Crippen LogP contribution in [0.3, 0.4) is 0 Å². The molecule has 0 radical (unpaired) electrons. The van der Waals surface area contributed by atoms with Gasteiger partial charge in [0.15, 0.2) is 10.8 Å². The van der Waals surface area contributed by atoms with E-state index in [-0.39, 0.29) is 47.7 Å². The van der Waals surface area contributed by atoms with Crippen LogP contribution >= 0.6 is 11.3 Å². The van der Waals surface area contributed by atoms with Crippen molar-refractivity contribution < 1.29 is 22.7 Å². The fourth-order valence-electron chi connectivity index (χ4n) is 3.12. The van der Waals surface area contributed by atoms with Gasteiger partial charge in [-0.3, -0.25) is 4.79 Å². The standard InChI is InChI=1S/C19H20N4O5S2/c1-2-28-18(25)15-12-29-19(21-15)22-17(24)13-7-9-23(10-8-13)30(26,27)16-6-4-3-5-14(16)11-20/h3-6,12-13H,2,7-10H2,1H3,(H,21,22,24). The maximum Gasteiger partial charge on any atom is 0.357 e. The zero-order valence-corrected chi connectivity index (χ0v) is 17.8. The van der Waals surface area contributed by atoms with Crippen LogP contribution in [-0.4, -0.2) is 49.3 Å². The third kappa shape index (κ3) is 4.67. The van der Waals surface area contributed by atoms with E-state index in [0.717, 1.165) is 11.3 Å². The number of ether oxygens (including phenoxy) is 1. The van der Waals surface area contributed by atoms with Gasteiger partial charge in [-0.05, 0) is 31.9 Å². The van der Waals surface area contributed by atoms with E-state index in [4.69, 9.17) is 4.74 Å². The Balaban J connectivity index is 1.61. The number of rotatable bonds is 6. The molecular formula is C19H20N4O5S2. The summed E-state index contributed by atoms with van der Waals surface area (Å²) in [5, 5.41) is 13.7. The van der Waals surface area contributed by atoms with Crippen LogP contribution in [0.2, 0.25) is 0 Å². The van der Waals surface area contributed by atoms with Gasteiger partial charge in [-0.15, -0.1) is 11.3 Å². The van der Waals surface area contributed by atoms with Crippen LogP contribution in [0.15, 0.2) is 34.5 Å². The smallest absolute Gasteiger partial charge is 0.357 e. The second-order valence-corrected chi connectivity index (χ2v) is 9.30. The largest absolute Gasteiger partial charge is 0.461 e. The molecule has 2 aromatic rings. The van der Waals surface area contributed by atoms with Gasteiger partial charge in [-0.2, -0.15) is 9.57 Å². The van der Waals surface area contributed by atoms with Crippen molar-refractivity contribution in [1.29, 1.82) is 5.26 Å². The van der Waals surface area contributed by atoms with Crippen LogP contribution in [0.5, 0.6) is 0 Å². The van der Waals surface area contributed by atoms with Gasteiger partial charge in [0.25, 0.3) is 0 Å². The van der Waals surface area contributed by atoms with Crippen molar-refractivity contribution in [3.63, 3.8) is 0 Å². The van der Waals surface area contributed by atoms with E-state index in [1.807, 2.05) is 6.07 Å². The van der Waals surface area contributed by atoms with E-state index >= 15 is 0 Å². The lowest BCUT2D eigenvalue weighted by Gasteiger charge is -2.30. The molecule has 1 aliphatic rings. The van der Waals surface area contributed by atoms with Crippen LogP contribution in [-0.2, 0) is 19.6 Å². The molecule has 30 heavy (non-hydrogen) atoms. The lowest BCUT2D eigenvalue weighted by atomic mass is 9.97. The molecule has 1 amide bonds. The van der Waals surface area contributed by atoms with Crippen molar-refractivity contribution in [3.8, 4) is 6.07 Å². The first-order valence-electron chi connectivity index (χ1n) is 9.29. The number of benzene rings is 1. The van der Waals surface area contributed by atoms with Crippen LogP contribution in [0.25, 0.3) is 0 Å². The van der Waals surface area contributed by atoms with Crippen LogP contribution in [0.1, 0.15) is 35.8 Å². The van der Waals surface area contributed by atoms with Gasteiger partial charge in [0.05, 0.1) is 17.1 Å². The van der Waals surface area contributed by atoms with Crippen molar-refractivity contribution in [2.24, 2.45) is 5.92 Å². The molecule has 9 nitrogen and oxygen atoms in total. The molecule has 0 saturated carbocycles. The summed E-state index contributed by atoms with van der Waals surface area (Å²) in [6, 6.07) is 7.97. The highest BCUT2D eigenvalue weighted by Gasteiger charge is 2.33. The van der Waals surface area contributed by atoms with E-state index in [9.17, 15) is 23.3 Å². The summed E-state index contributed by atoms with van der Waals surface area (Å²) in [7, 11) is -3.81. The molecule has 1 fully saturated rings. The van der Waals surface area contributed by atoms with E-state index in [0.29, 0.717) is 18.0 Å². The van der Waals surface area contributed by atoms with Crippen molar-refractivity contribution in [2.75, 3.05) is 25.0 Å². The summed E-state index contributed by atoms with van der Waals surface area (Å²) in [5.41, 5.74) is 0.229. The number of nitrogens with zero attached hydrogens (tertiary/aromatic N) is 3. The highest BCUT2D eigenvalue weighted by atomic mass is 32.2. The number of amides is 1. The van der Waals surface area contributed by atoms with Crippen LogP contribution in [0, 0.1) is 17.2 Å². The van der Waals surface area contributed by atoms with Gasteiger partial charge >= 0.3 is 5.97 Å². The zero-order chi connectivity index (χ0) is 21.7. The number of nitrogens with one attached hydrogen (secondary N) is 1. The lowest BCUT2D eigenvalue weighted by molar-refractivity contribution is -0.120. The molecular weight excluding hydrogens is 428 g/mol. The van der Waals surface area contributed by atoms with Crippen LogP contribution in [0.4, 0.5) is 5.13 Å². The molecule has 0 bridgehead atoms. The van der Waals surface area contributed by atoms with Gasteiger partial charge in [0.2, 0.25) is 15.9 Å². The minimum Gasteiger partial charge on any atom is -0.461 e. The number of anilines is 1. The average Bonchev–Trinajstić information content (AvgIpc) is 3.22.